The molecule has 2 aromatic rings. The first-order valence-corrected chi connectivity index (χ1v) is 6.16. The van der Waals surface area contributed by atoms with Gasteiger partial charge in [-0.2, -0.15) is 0 Å². The molecule has 4 nitrogen and oxygen atoms in total. The van der Waals surface area contributed by atoms with Crippen molar-refractivity contribution in [3.05, 3.63) is 16.4 Å². The van der Waals surface area contributed by atoms with Gasteiger partial charge >= 0.3 is 0 Å². The Kier molecular flexibility index (Phi) is 2.03. The monoisotopic (exact) mass is 222 g/mol. The first-order chi connectivity index (χ1) is 7.29. The zero-order chi connectivity index (χ0) is 10.4. The lowest BCUT2D eigenvalue weighted by molar-refractivity contribution is 0.498. The number of rotatable bonds is 1. The molecular formula is C10H14N4S. The molecule has 80 valence electrons. The molecule has 1 atom stereocenters. The number of hydrogen-bond donors (Lipinski definition) is 1. The molecule has 1 aliphatic rings. The van der Waals surface area contributed by atoms with Gasteiger partial charge in [0.25, 0.3) is 0 Å². The summed E-state index contributed by atoms with van der Waals surface area (Å²) in [5, 5.41) is 8.27. The van der Waals surface area contributed by atoms with Crippen molar-refractivity contribution < 1.29 is 0 Å². The molecule has 5 heteroatoms. The Morgan fingerprint density at radius 2 is 2.40 bits per heavy atom. The van der Waals surface area contributed by atoms with Gasteiger partial charge in [0.15, 0.2) is 5.82 Å². The van der Waals surface area contributed by atoms with Gasteiger partial charge in [-0.25, -0.2) is 0 Å². The number of aromatic nitrogens is 3. The van der Waals surface area contributed by atoms with E-state index in [1.54, 1.807) is 11.3 Å². The summed E-state index contributed by atoms with van der Waals surface area (Å²) in [5.41, 5.74) is 7.06. The van der Waals surface area contributed by atoms with E-state index < -0.39 is 0 Å². The molecule has 0 bridgehead atoms. The molecule has 0 radical (unpaired) electrons. The molecule has 2 aromatic heterocycles. The van der Waals surface area contributed by atoms with Crippen LogP contribution in [0.3, 0.4) is 0 Å². The smallest absolute Gasteiger partial charge is 0.216 e. The second kappa shape index (κ2) is 3.28. The maximum atomic E-state index is 5.66. The fourth-order valence-electron chi connectivity index (χ4n) is 2.28. The predicted molar refractivity (Wildman–Crippen MR) is 59.9 cm³/mol. The molecule has 0 aliphatic heterocycles. The van der Waals surface area contributed by atoms with E-state index in [4.69, 9.17) is 5.73 Å². The summed E-state index contributed by atoms with van der Waals surface area (Å²) in [7, 11) is 0. The van der Waals surface area contributed by atoms with Crippen molar-refractivity contribution in [3.8, 4) is 0 Å². The lowest BCUT2D eigenvalue weighted by atomic mass is 9.93. The van der Waals surface area contributed by atoms with E-state index in [9.17, 15) is 0 Å². The highest BCUT2D eigenvalue weighted by molar-refractivity contribution is 7.17. The van der Waals surface area contributed by atoms with Gasteiger partial charge in [-0.15, -0.1) is 10.2 Å². The number of nitrogens with zero attached hydrogens (tertiary/aromatic N) is 3. The summed E-state index contributed by atoms with van der Waals surface area (Å²) >= 11 is 1.77. The lowest BCUT2D eigenvalue weighted by Crippen LogP contribution is -2.13. The number of aryl methyl sites for hydroxylation is 1. The first kappa shape index (κ1) is 9.30. The molecule has 2 N–H and O–H groups in total. The zero-order valence-electron chi connectivity index (χ0n) is 8.73. The van der Waals surface area contributed by atoms with E-state index in [1.165, 1.54) is 23.4 Å². The molecule has 15 heavy (non-hydrogen) atoms. The van der Waals surface area contributed by atoms with Crippen LogP contribution in [0.15, 0.2) is 0 Å². The van der Waals surface area contributed by atoms with Crippen LogP contribution in [-0.2, 0) is 19.4 Å². The van der Waals surface area contributed by atoms with Crippen LogP contribution in [0.2, 0.25) is 0 Å². The van der Waals surface area contributed by atoms with Crippen LogP contribution in [0, 0.1) is 5.92 Å². The quantitative estimate of drug-likeness (QED) is 0.793. The Balaban J connectivity index is 2.21. The van der Waals surface area contributed by atoms with Crippen molar-refractivity contribution in [2.45, 2.75) is 32.7 Å². The average molecular weight is 222 g/mol. The second-order valence-electron chi connectivity index (χ2n) is 4.26. The second-order valence-corrected chi connectivity index (χ2v) is 5.32. The van der Waals surface area contributed by atoms with Crippen molar-refractivity contribution >= 4 is 16.3 Å². The van der Waals surface area contributed by atoms with E-state index in [0.717, 1.165) is 23.1 Å². The maximum Gasteiger partial charge on any atom is 0.216 e. The van der Waals surface area contributed by atoms with Crippen molar-refractivity contribution in [2.24, 2.45) is 11.7 Å². The van der Waals surface area contributed by atoms with E-state index in [-0.39, 0.29) is 0 Å². The molecule has 0 fully saturated rings. The maximum absolute atomic E-state index is 5.66. The van der Waals surface area contributed by atoms with E-state index >= 15 is 0 Å². The number of fused-ring (bicyclic) bond motifs is 3. The Hall–Kier alpha value is -0.940. The molecule has 1 unspecified atom stereocenters. The van der Waals surface area contributed by atoms with Crippen LogP contribution < -0.4 is 5.73 Å². The molecule has 2 heterocycles. The largest absolute Gasteiger partial charge is 0.324 e. The van der Waals surface area contributed by atoms with Crippen LogP contribution in [0.5, 0.6) is 0 Å². The van der Waals surface area contributed by atoms with Gasteiger partial charge in [0.05, 0.1) is 6.54 Å². The highest BCUT2D eigenvalue weighted by Crippen LogP contribution is 2.32. The first-order valence-electron chi connectivity index (χ1n) is 5.34. The molecular weight excluding hydrogens is 208 g/mol. The third-order valence-electron chi connectivity index (χ3n) is 3.10. The summed E-state index contributed by atoms with van der Waals surface area (Å²) in [6.45, 7) is 2.79. The minimum Gasteiger partial charge on any atom is -0.324 e. The Morgan fingerprint density at radius 1 is 1.53 bits per heavy atom. The Bertz CT molecular complexity index is 499. The number of thiazole rings is 1. The number of hydrogen-bond acceptors (Lipinski definition) is 4. The topological polar surface area (TPSA) is 56.2 Å². The summed E-state index contributed by atoms with van der Waals surface area (Å²) < 4.78 is 2.16. The third-order valence-corrected chi connectivity index (χ3v) is 4.19. The molecule has 0 amide bonds. The van der Waals surface area contributed by atoms with Crippen LogP contribution in [0.25, 0.3) is 4.96 Å². The summed E-state index contributed by atoms with van der Waals surface area (Å²) in [4.78, 5) is 2.49. The summed E-state index contributed by atoms with van der Waals surface area (Å²) in [5.74, 6) is 1.70. The fraction of sp³-hybridized carbons (Fsp3) is 0.600. The minimum atomic E-state index is 0.472. The molecule has 0 aromatic carbocycles. The third kappa shape index (κ3) is 1.30. The van der Waals surface area contributed by atoms with Crippen LogP contribution in [0.1, 0.15) is 29.7 Å². The average Bonchev–Trinajstić information content (AvgIpc) is 2.74. The van der Waals surface area contributed by atoms with E-state index in [2.05, 4.69) is 21.5 Å². The van der Waals surface area contributed by atoms with Gasteiger partial charge in [-0.05, 0) is 25.2 Å². The van der Waals surface area contributed by atoms with E-state index in [1.807, 2.05) is 0 Å². The molecule has 0 spiro atoms. The zero-order valence-corrected chi connectivity index (χ0v) is 9.55. The normalized spacial score (nSPS) is 20.8. The molecule has 1 aliphatic carbocycles. The molecule has 3 rings (SSSR count). The SMILES string of the molecule is CC1CCc2c(sc3nnc(CN)n23)C1. The highest BCUT2D eigenvalue weighted by atomic mass is 32.1. The van der Waals surface area contributed by atoms with Crippen molar-refractivity contribution in [1.82, 2.24) is 14.6 Å². The van der Waals surface area contributed by atoms with Crippen molar-refractivity contribution in [2.75, 3.05) is 0 Å². The Labute approximate surface area is 92.1 Å². The van der Waals surface area contributed by atoms with Gasteiger partial charge in [-0.3, -0.25) is 4.40 Å². The fourth-order valence-corrected chi connectivity index (χ4v) is 3.56. The van der Waals surface area contributed by atoms with E-state index in [0.29, 0.717) is 6.54 Å². The standard InChI is InChI=1S/C10H14N4S/c1-6-2-3-7-8(4-6)15-10-13-12-9(5-11)14(7)10/h6H,2-5,11H2,1H3. The van der Waals surface area contributed by atoms with Gasteiger partial charge in [0.2, 0.25) is 4.96 Å². The van der Waals surface area contributed by atoms with Crippen LogP contribution >= 0.6 is 11.3 Å². The van der Waals surface area contributed by atoms with Crippen LogP contribution in [0.4, 0.5) is 0 Å². The van der Waals surface area contributed by atoms with Crippen molar-refractivity contribution in [1.29, 1.82) is 0 Å². The predicted octanol–water partition coefficient (Wildman–Crippen LogP) is 1.37. The summed E-state index contributed by atoms with van der Waals surface area (Å²) in [6, 6.07) is 0. The van der Waals surface area contributed by atoms with Gasteiger partial charge in [-0.1, -0.05) is 18.3 Å². The Morgan fingerprint density at radius 3 is 3.20 bits per heavy atom. The molecule has 0 saturated heterocycles. The summed E-state index contributed by atoms with van der Waals surface area (Å²) in [6.07, 6.45) is 3.59. The highest BCUT2D eigenvalue weighted by Gasteiger charge is 2.22. The van der Waals surface area contributed by atoms with Crippen molar-refractivity contribution in [3.63, 3.8) is 0 Å². The number of nitrogens with two attached hydrogens (primary N) is 1. The van der Waals surface area contributed by atoms with Gasteiger partial charge in [0, 0.05) is 10.6 Å². The lowest BCUT2D eigenvalue weighted by Gasteiger charge is -2.17. The van der Waals surface area contributed by atoms with Crippen LogP contribution in [-0.4, -0.2) is 14.6 Å². The van der Waals surface area contributed by atoms with Gasteiger partial charge < -0.3 is 5.73 Å². The minimum absolute atomic E-state index is 0.472. The molecule has 0 saturated carbocycles. The van der Waals surface area contributed by atoms with Gasteiger partial charge in [0.1, 0.15) is 0 Å².